The zero-order valence-electron chi connectivity index (χ0n) is 16.4. The van der Waals surface area contributed by atoms with Gasteiger partial charge in [-0.3, -0.25) is 9.59 Å². The summed E-state index contributed by atoms with van der Waals surface area (Å²) in [7, 11) is 0. The summed E-state index contributed by atoms with van der Waals surface area (Å²) in [4.78, 5) is 27.5. The predicted octanol–water partition coefficient (Wildman–Crippen LogP) is 3.46. The van der Waals surface area contributed by atoms with Crippen molar-refractivity contribution in [3.63, 3.8) is 0 Å². The Balaban J connectivity index is 1.73. The lowest BCUT2D eigenvalue weighted by Crippen LogP contribution is -2.38. The number of carbonyl (C=O) groups is 2. The topological polar surface area (TPSA) is 75.4 Å². The average Bonchev–Trinajstić information content (AvgIpc) is 2.75. The molecule has 6 heteroatoms. The Labute approximate surface area is 170 Å². The molecule has 2 unspecified atom stereocenters. The van der Waals surface area contributed by atoms with Crippen molar-refractivity contribution in [3.05, 3.63) is 65.2 Å². The number of thioether (sulfide) groups is 1. The van der Waals surface area contributed by atoms with E-state index in [0.717, 1.165) is 35.7 Å². The van der Waals surface area contributed by atoms with E-state index in [1.165, 1.54) is 0 Å². The molecular formula is C22H27N3O2S. The molecule has 1 aliphatic heterocycles. The molecule has 5 nitrogen and oxygen atoms in total. The van der Waals surface area contributed by atoms with E-state index in [0.29, 0.717) is 11.3 Å². The van der Waals surface area contributed by atoms with Gasteiger partial charge in [0.05, 0.1) is 5.92 Å². The molecule has 1 heterocycles. The molecule has 0 spiro atoms. The minimum absolute atomic E-state index is 0.0305. The van der Waals surface area contributed by atoms with E-state index in [4.69, 9.17) is 5.73 Å². The lowest BCUT2D eigenvalue weighted by atomic mass is 9.94. The molecule has 0 saturated carbocycles. The van der Waals surface area contributed by atoms with Gasteiger partial charge in [0.1, 0.15) is 0 Å². The third-order valence-electron chi connectivity index (χ3n) is 5.26. The first kappa shape index (κ1) is 20.4. The summed E-state index contributed by atoms with van der Waals surface area (Å²) < 4.78 is 0. The van der Waals surface area contributed by atoms with Crippen molar-refractivity contribution >= 4 is 29.3 Å². The van der Waals surface area contributed by atoms with Crippen LogP contribution in [0, 0.1) is 12.8 Å². The van der Waals surface area contributed by atoms with Crippen LogP contribution < -0.4 is 11.1 Å². The zero-order valence-corrected chi connectivity index (χ0v) is 17.2. The second-order valence-electron chi connectivity index (χ2n) is 7.10. The van der Waals surface area contributed by atoms with Gasteiger partial charge in [0.2, 0.25) is 5.91 Å². The predicted molar refractivity (Wildman–Crippen MR) is 116 cm³/mol. The van der Waals surface area contributed by atoms with Gasteiger partial charge >= 0.3 is 0 Å². The van der Waals surface area contributed by atoms with Gasteiger partial charge in [-0.25, -0.2) is 0 Å². The lowest BCUT2D eigenvalue weighted by Gasteiger charge is -2.27. The van der Waals surface area contributed by atoms with Crippen LogP contribution in [0.25, 0.3) is 0 Å². The fourth-order valence-electron chi connectivity index (χ4n) is 3.31. The monoisotopic (exact) mass is 397 g/mol. The molecule has 2 aromatic carbocycles. The highest BCUT2D eigenvalue weighted by atomic mass is 32.2. The van der Waals surface area contributed by atoms with Crippen molar-refractivity contribution in [3.8, 4) is 0 Å². The van der Waals surface area contributed by atoms with E-state index >= 15 is 0 Å². The van der Waals surface area contributed by atoms with E-state index in [9.17, 15) is 9.59 Å². The van der Waals surface area contributed by atoms with E-state index in [1.54, 1.807) is 0 Å². The van der Waals surface area contributed by atoms with Crippen LogP contribution in [0.2, 0.25) is 0 Å². The van der Waals surface area contributed by atoms with Gasteiger partial charge in [-0.1, -0.05) is 43.3 Å². The third kappa shape index (κ3) is 4.56. The molecule has 28 heavy (non-hydrogen) atoms. The maximum Gasteiger partial charge on any atom is 0.254 e. The number of nitrogens with zero attached hydrogens (tertiary/aromatic N) is 1. The van der Waals surface area contributed by atoms with Crippen molar-refractivity contribution < 1.29 is 9.59 Å². The SMILES string of the molecule is Cc1c(NC(=O)C(C)C(N)c2ccccc2)cccc1C(=O)N1CCSCC1. The molecule has 2 atom stereocenters. The Morgan fingerprint density at radius 1 is 1.07 bits per heavy atom. The van der Waals surface area contributed by atoms with Crippen molar-refractivity contribution in [2.24, 2.45) is 11.7 Å². The van der Waals surface area contributed by atoms with E-state index < -0.39 is 12.0 Å². The molecule has 2 aromatic rings. The summed E-state index contributed by atoms with van der Waals surface area (Å²) in [6.45, 7) is 5.23. The smallest absolute Gasteiger partial charge is 0.254 e. The summed E-state index contributed by atoms with van der Waals surface area (Å²) in [6, 6.07) is 14.7. The second kappa shape index (κ2) is 9.26. The molecule has 0 bridgehead atoms. The quantitative estimate of drug-likeness (QED) is 0.810. The first-order valence-corrected chi connectivity index (χ1v) is 10.7. The Hall–Kier alpha value is -2.31. The van der Waals surface area contributed by atoms with Crippen LogP contribution in [0.15, 0.2) is 48.5 Å². The Kier molecular flexibility index (Phi) is 6.75. The van der Waals surface area contributed by atoms with Gasteiger partial charge in [-0.05, 0) is 30.2 Å². The highest BCUT2D eigenvalue weighted by Gasteiger charge is 2.24. The van der Waals surface area contributed by atoms with Crippen LogP contribution in [0.1, 0.15) is 34.5 Å². The maximum atomic E-state index is 12.9. The number of rotatable bonds is 5. The number of amides is 2. The lowest BCUT2D eigenvalue weighted by molar-refractivity contribution is -0.120. The molecule has 3 N–H and O–H groups in total. The number of carbonyl (C=O) groups excluding carboxylic acids is 2. The van der Waals surface area contributed by atoms with Crippen LogP contribution in [0.3, 0.4) is 0 Å². The van der Waals surface area contributed by atoms with Gasteiger partial charge < -0.3 is 16.0 Å². The molecule has 0 aromatic heterocycles. The Morgan fingerprint density at radius 2 is 1.75 bits per heavy atom. The van der Waals surface area contributed by atoms with Gasteiger partial charge in [0, 0.05) is 41.9 Å². The number of hydrogen-bond acceptors (Lipinski definition) is 4. The first-order valence-electron chi connectivity index (χ1n) is 9.57. The van der Waals surface area contributed by atoms with E-state index in [2.05, 4.69) is 5.32 Å². The highest BCUT2D eigenvalue weighted by Crippen LogP contribution is 2.25. The van der Waals surface area contributed by atoms with Gasteiger partial charge in [-0.15, -0.1) is 0 Å². The van der Waals surface area contributed by atoms with Crippen LogP contribution in [0.4, 0.5) is 5.69 Å². The van der Waals surface area contributed by atoms with E-state index in [-0.39, 0.29) is 11.8 Å². The molecule has 148 valence electrons. The van der Waals surface area contributed by atoms with Crippen molar-refractivity contribution in [1.29, 1.82) is 0 Å². The number of benzene rings is 2. The van der Waals surface area contributed by atoms with Crippen LogP contribution in [-0.2, 0) is 4.79 Å². The summed E-state index contributed by atoms with van der Waals surface area (Å²) in [5.41, 5.74) is 9.30. The molecule has 1 fully saturated rings. The number of anilines is 1. The van der Waals surface area contributed by atoms with Gasteiger partial charge in [0.25, 0.3) is 5.91 Å². The van der Waals surface area contributed by atoms with Gasteiger partial charge in [-0.2, -0.15) is 11.8 Å². The molecule has 0 aliphatic carbocycles. The summed E-state index contributed by atoms with van der Waals surface area (Å²) in [6.07, 6.45) is 0. The number of nitrogens with two attached hydrogens (primary N) is 1. The zero-order chi connectivity index (χ0) is 20.1. The number of nitrogens with one attached hydrogen (secondary N) is 1. The van der Waals surface area contributed by atoms with Gasteiger partial charge in [0.15, 0.2) is 0 Å². The highest BCUT2D eigenvalue weighted by molar-refractivity contribution is 7.99. The molecule has 2 amide bonds. The Morgan fingerprint density at radius 3 is 2.43 bits per heavy atom. The Bertz CT molecular complexity index is 835. The normalized spacial score (nSPS) is 16.3. The maximum absolute atomic E-state index is 12.9. The molecule has 0 radical (unpaired) electrons. The van der Waals surface area contributed by atoms with Crippen LogP contribution in [0.5, 0.6) is 0 Å². The standard InChI is InChI=1S/C22H27N3O2S/c1-15-18(22(27)25-11-13-28-14-12-25)9-6-10-19(15)24-21(26)16(2)20(23)17-7-4-3-5-8-17/h3-10,16,20H,11-14,23H2,1-2H3,(H,24,26). The fraction of sp³-hybridized carbons (Fsp3) is 0.364. The second-order valence-corrected chi connectivity index (χ2v) is 8.32. The molecule has 1 saturated heterocycles. The first-order chi connectivity index (χ1) is 13.5. The molecular weight excluding hydrogens is 370 g/mol. The minimum atomic E-state index is -0.403. The van der Waals surface area contributed by atoms with Crippen molar-refractivity contribution in [2.75, 3.05) is 29.9 Å². The van der Waals surface area contributed by atoms with Crippen molar-refractivity contribution in [1.82, 2.24) is 4.90 Å². The molecule has 1 aliphatic rings. The summed E-state index contributed by atoms with van der Waals surface area (Å²) in [5, 5.41) is 2.97. The summed E-state index contributed by atoms with van der Waals surface area (Å²) in [5.74, 6) is 1.41. The third-order valence-corrected chi connectivity index (χ3v) is 6.20. The largest absolute Gasteiger partial charge is 0.337 e. The van der Waals surface area contributed by atoms with Crippen molar-refractivity contribution in [2.45, 2.75) is 19.9 Å². The number of hydrogen-bond donors (Lipinski definition) is 2. The fourth-order valence-corrected chi connectivity index (χ4v) is 4.22. The molecule has 3 rings (SSSR count). The van der Waals surface area contributed by atoms with Crippen LogP contribution in [-0.4, -0.2) is 41.3 Å². The van der Waals surface area contributed by atoms with Crippen LogP contribution >= 0.6 is 11.8 Å². The summed E-state index contributed by atoms with van der Waals surface area (Å²) >= 11 is 1.87. The average molecular weight is 398 g/mol. The van der Waals surface area contributed by atoms with E-state index in [1.807, 2.05) is 79.0 Å². The minimum Gasteiger partial charge on any atom is -0.337 e.